The van der Waals surface area contributed by atoms with E-state index in [1.165, 1.54) is 4.90 Å². The molecule has 1 saturated heterocycles. The van der Waals surface area contributed by atoms with Gasteiger partial charge in [-0.15, -0.1) is 6.42 Å². The summed E-state index contributed by atoms with van der Waals surface area (Å²) in [4.78, 5) is 41.0. The molecule has 0 spiro atoms. The number of para-hydroxylation sites is 1. The fourth-order valence-corrected chi connectivity index (χ4v) is 4.47. The minimum absolute atomic E-state index is 0.0381. The number of benzene rings is 2. The average molecular weight is 566 g/mol. The topological polar surface area (TPSA) is 126 Å². The van der Waals surface area contributed by atoms with Crippen molar-refractivity contribution in [2.75, 3.05) is 26.9 Å². The standard InChI is InChI=1S/C31H39N3O7/c1-6-21-13-14-22(26(17-21)40-16-10-15-39-5)19-32-28(36)25-18-23(35)20-34(25)29(37)27(31(2,3)4)33-30(38)41-24-11-8-7-9-12-24/h1,7-9,11-14,17,23,25,27,35H,10,15-16,18-20H2,2-5H3,(H,32,36)(H,33,38)/t23-,25+,27-/m1/s1. The zero-order chi connectivity index (χ0) is 30.0. The van der Waals surface area contributed by atoms with E-state index in [1.807, 2.05) is 0 Å². The number of carbonyl (C=O) groups is 3. The van der Waals surface area contributed by atoms with Crippen LogP contribution in [-0.4, -0.2) is 73.0 Å². The van der Waals surface area contributed by atoms with Crippen molar-refractivity contribution in [2.45, 2.75) is 58.3 Å². The van der Waals surface area contributed by atoms with Gasteiger partial charge in [0, 0.05) is 50.8 Å². The number of nitrogens with zero attached hydrogens (tertiary/aromatic N) is 1. The second kappa shape index (κ2) is 14.5. The summed E-state index contributed by atoms with van der Waals surface area (Å²) in [5.41, 5.74) is 0.642. The third kappa shape index (κ3) is 8.96. The van der Waals surface area contributed by atoms with E-state index in [0.29, 0.717) is 42.3 Å². The Kier molecular flexibility index (Phi) is 11.1. The van der Waals surface area contributed by atoms with Gasteiger partial charge in [0.2, 0.25) is 11.8 Å². The lowest BCUT2D eigenvalue weighted by atomic mass is 9.85. The van der Waals surface area contributed by atoms with Gasteiger partial charge in [0.1, 0.15) is 23.6 Å². The van der Waals surface area contributed by atoms with Gasteiger partial charge in [-0.3, -0.25) is 9.59 Å². The van der Waals surface area contributed by atoms with Crippen LogP contribution in [0.1, 0.15) is 44.7 Å². The van der Waals surface area contributed by atoms with E-state index in [-0.39, 0.29) is 19.5 Å². The van der Waals surface area contributed by atoms with Crippen LogP contribution >= 0.6 is 0 Å². The SMILES string of the molecule is C#Cc1ccc(CNC(=O)[C@@H]2C[C@@H](O)CN2C(=O)[C@@H](NC(=O)Oc2ccccc2)C(C)(C)C)c(OCCCOC)c1. The van der Waals surface area contributed by atoms with Crippen LogP contribution in [0, 0.1) is 17.8 Å². The van der Waals surface area contributed by atoms with Gasteiger partial charge < -0.3 is 34.9 Å². The smallest absolute Gasteiger partial charge is 0.413 e. The van der Waals surface area contributed by atoms with Crippen LogP contribution in [0.3, 0.4) is 0 Å². The number of likely N-dealkylation sites (tertiary alicyclic amines) is 1. The summed E-state index contributed by atoms with van der Waals surface area (Å²) in [5.74, 6) is 2.54. The molecule has 3 rings (SSSR count). The molecule has 220 valence electrons. The van der Waals surface area contributed by atoms with Crippen molar-refractivity contribution in [3.05, 3.63) is 59.7 Å². The maximum atomic E-state index is 13.7. The van der Waals surface area contributed by atoms with Crippen LogP contribution in [-0.2, 0) is 20.9 Å². The summed E-state index contributed by atoms with van der Waals surface area (Å²) in [6, 6.07) is 11.8. The molecule has 10 nitrogen and oxygen atoms in total. The number of rotatable bonds is 11. The highest BCUT2D eigenvalue weighted by Crippen LogP contribution is 2.27. The minimum atomic E-state index is -1.01. The first-order valence-electron chi connectivity index (χ1n) is 13.5. The number of methoxy groups -OCH3 is 1. The minimum Gasteiger partial charge on any atom is -0.493 e. The molecule has 3 atom stereocenters. The molecule has 10 heteroatoms. The Bertz CT molecular complexity index is 1240. The summed E-state index contributed by atoms with van der Waals surface area (Å²) >= 11 is 0. The van der Waals surface area contributed by atoms with Crippen LogP contribution in [0.5, 0.6) is 11.5 Å². The van der Waals surface area contributed by atoms with Crippen molar-refractivity contribution in [2.24, 2.45) is 5.41 Å². The maximum Gasteiger partial charge on any atom is 0.413 e. The van der Waals surface area contributed by atoms with Crippen LogP contribution in [0.15, 0.2) is 48.5 Å². The van der Waals surface area contributed by atoms with E-state index in [9.17, 15) is 19.5 Å². The summed E-state index contributed by atoms with van der Waals surface area (Å²) in [5, 5.41) is 15.9. The monoisotopic (exact) mass is 565 g/mol. The fourth-order valence-electron chi connectivity index (χ4n) is 4.47. The molecule has 0 aromatic heterocycles. The van der Waals surface area contributed by atoms with Crippen molar-refractivity contribution in [1.29, 1.82) is 0 Å². The Morgan fingerprint density at radius 3 is 2.54 bits per heavy atom. The number of aliphatic hydroxyl groups is 1. The number of hydrogen-bond donors (Lipinski definition) is 3. The number of terminal acetylenes is 1. The number of amides is 3. The first-order valence-corrected chi connectivity index (χ1v) is 13.5. The quantitative estimate of drug-likeness (QED) is 0.283. The molecule has 0 radical (unpaired) electrons. The molecule has 2 aromatic carbocycles. The molecule has 0 unspecified atom stereocenters. The molecule has 0 aliphatic carbocycles. The van der Waals surface area contributed by atoms with Crippen molar-refractivity contribution < 1.29 is 33.7 Å². The normalized spacial score (nSPS) is 17.3. The number of aliphatic hydroxyl groups excluding tert-OH is 1. The Morgan fingerprint density at radius 2 is 1.88 bits per heavy atom. The van der Waals surface area contributed by atoms with Crippen LogP contribution in [0.4, 0.5) is 4.79 Å². The molecule has 0 saturated carbocycles. The lowest BCUT2D eigenvalue weighted by Crippen LogP contribution is -2.58. The first-order chi connectivity index (χ1) is 19.5. The molecule has 3 N–H and O–H groups in total. The zero-order valence-corrected chi connectivity index (χ0v) is 24.0. The summed E-state index contributed by atoms with van der Waals surface area (Å²) in [6.07, 6.45) is 4.61. The predicted octanol–water partition coefficient (Wildman–Crippen LogP) is 2.86. The highest BCUT2D eigenvalue weighted by molar-refractivity contribution is 5.92. The number of carbonyl (C=O) groups excluding carboxylic acids is 3. The second-order valence-corrected chi connectivity index (χ2v) is 10.9. The predicted molar refractivity (Wildman–Crippen MR) is 153 cm³/mol. The Hall–Kier alpha value is -4.07. The second-order valence-electron chi connectivity index (χ2n) is 10.9. The number of hydrogen-bond acceptors (Lipinski definition) is 7. The molecular formula is C31H39N3O7. The van der Waals surface area contributed by atoms with Gasteiger partial charge in [-0.2, -0.15) is 0 Å². The maximum absolute atomic E-state index is 13.7. The van der Waals surface area contributed by atoms with E-state index < -0.39 is 41.5 Å². The van der Waals surface area contributed by atoms with E-state index in [1.54, 1.807) is 76.4 Å². The molecule has 0 bridgehead atoms. The molecule has 2 aromatic rings. The Labute approximate surface area is 241 Å². The lowest BCUT2D eigenvalue weighted by molar-refractivity contribution is -0.142. The van der Waals surface area contributed by atoms with E-state index in [4.69, 9.17) is 20.6 Å². The molecule has 3 amide bonds. The van der Waals surface area contributed by atoms with E-state index in [2.05, 4.69) is 16.6 Å². The molecule has 1 aliphatic rings. The van der Waals surface area contributed by atoms with Gasteiger partial charge in [0.05, 0.1) is 12.7 Å². The molecule has 1 aliphatic heterocycles. The van der Waals surface area contributed by atoms with Crippen LogP contribution in [0.25, 0.3) is 0 Å². The van der Waals surface area contributed by atoms with Gasteiger partial charge in [-0.05, 0) is 29.7 Å². The first kappa shape index (κ1) is 31.5. The summed E-state index contributed by atoms with van der Waals surface area (Å²) in [7, 11) is 1.62. The third-order valence-electron chi connectivity index (χ3n) is 6.63. The van der Waals surface area contributed by atoms with E-state index >= 15 is 0 Å². The lowest BCUT2D eigenvalue weighted by Gasteiger charge is -2.35. The summed E-state index contributed by atoms with van der Waals surface area (Å²) in [6.45, 7) is 6.44. The van der Waals surface area contributed by atoms with E-state index in [0.717, 1.165) is 0 Å². The highest BCUT2D eigenvalue weighted by atomic mass is 16.6. The van der Waals surface area contributed by atoms with Crippen molar-refractivity contribution >= 4 is 17.9 Å². The fraction of sp³-hybridized carbons (Fsp3) is 0.452. The Balaban J connectivity index is 1.71. The molecular weight excluding hydrogens is 526 g/mol. The van der Waals surface area contributed by atoms with Crippen LogP contribution < -0.4 is 20.1 Å². The van der Waals surface area contributed by atoms with Gasteiger partial charge >= 0.3 is 6.09 Å². The van der Waals surface area contributed by atoms with Gasteiger partial charge in [0.25, 0.3) is 0 Å². The average Bonchev–Trinajstić information content (AvgIpc) is 3.34. The molecule has 1 fully saturated rings. The summed E-state index contributed by atoms with van der Waals surface area (Å²) < 4.78 is 16.3. The number of nitrogens with one attached hydrogen (secondary N) is 2. The van der Waals surface area contributed by atoms with Crippen molar-refractivity contribution in [3.8, 4) is 23.8 Å². The van der Waals surface area contributed by atoms with Gasteiger partial charge in [0.15, 0.2) is 0 Å². The highest BCUT2D eigenvalue weighted by Gasteiger charge is 2.44. The number of β-amino-alcohol motifs (C(OH)–C–C–N with tert-alkyl or cyclic N) is 1. The molecule has 41 heavy (non-hydrogen) atoms. The third-order valence-corrected chi connectivity index (χ3v) is 6.63. The largest absolute Gasteiger partial charge is 0.493 e. The van der Waals surface area contributed by atoms with Gasteiger partial charge in [-0.25, -0.2) is 4.79 Å². The zero-order valence-electron chi connectivity index (χ0n) is 24.0. The van der Waals surface area contributed by atoms with Crippen LogP contribution in [0.2, 0.25) is 0 Å². The Morgan fingerprint density at radius 1 is 1.15 bits per heavy atom. The van der Waals surface area contributed by atoms with Gasteiger partial charge in [-0.1, -0.05) is 51.0 Å². The van der Waals surface area contributed by atoms with Crippen molar-refractivity contribution in [3.63, 3.8) is 0 Å². The molecule has 1 heterocycles. The number of ether oxygens (including phenoxy) is 3. The van der Waals surface area contributed by atoms with Crippen molar-refractivity contribution in [1.82, 2.24) is 15.5 Å².